The molecule has 0 rings (SSSR count). The molecule has 0 amide bonds. The number of hydrogen-bond donors (Lipinski definition) is 0. The monoisotopic (exact) mass is 309 g/mol. The molecule has 110 valence electrons. The first-order chi connectivity index (χ1) is 7.73. The van der Waals surface area contributed by atoms with E-state index < -0.39 is 25.1 Å². The van der Waals surface area contributed by atoms with Crippen LogP contribution in [0.2, 0.25) is 50.4 Å². The minimum absolute atomic E-state index is 0.00676. The highest BCUT2D eigenvalue weighted by atomic mass is 28.4. The molecule has 0 unspecified atom stereocenters. The van der Waals surface area contributed by atoms with Gasteiger partial charge in [0.25, 0.3) is 0 Å². The van der Waals surface area contributed by atoms with Crippen LogP contribution in [0.25, 0.3) is 0 Å². The molecule has 0 aromatic rings. The maximum Gasteiger partial charge on any atom is 0.404 e. The van der Waals surface area contributed by atoms with E-state index >= 15 is 4.11 Å². The van der Waals surface area contributed by atoms with Gasteiger partial charge in [-0.05, 0) is 0 Å². The predicted molar refractivity (Wildman–Crippen MR) is 86.7 cm³/mol. The van der Waals surface area contributed by atoms with Gasteiger partial charge < -0.3 is 4.53 Å². The average molecular weight is 310 g/mol. The summed E-state index contributed by atoms with van der Waals surface area (Å²) in [4.78, 5) is 0. The van der Waals surface area contributed by atoms with Crippen molar-refractivity contribution in [2.45, 2.75) is 78.1 Å². The van der Waals surface area contributed by atoms with Crippen LogP contribution in [0.15, 0.2) is 0 Å². The summed E-state index contributed by atoms with van der Waals surface area (Å²) in [6.07, 6.45) is 0. The van der Waals surface area contributed by atoms with Crippen molar-refractivity contribution >= 4 is 25.1 Å². The van der Waals surface area contributed by atoms with Crippen molar-refractivity contribution < 1.29 is 8.63 Å². The number of nitrogens with zero attached hydrogens (tertiary/aromatic N) is 1. The Morgan fingerprint density at radius 2 is 1.06 bits per heavy atom. The molecule has 0 heterocycles. The summed E-state index contributed by atoms with van der Waals surface area (Å²) in [5, 5.41) is 0. The molecule has 18 heavy (non-hydrogen) atoms. The first-order valence-electron chi connectivity index (χ1n) is 6.91. The van der Waals surface area contributed by atoms with E-state index in [9.17, 15) is 0 Å². The Labute approximate surface area is 116 Å². The number of rotatable bonds is 6. The molecule has 0 fully saturated rings. The van der Waals surface area contributed by atoms with Crippen molar-refractivity contribution in [2.24, 2.45) is 0 Å². The quantitative estimate of drug-likeness (QED) is 0.383. The van der Waals surface area contributed by atoms with Crippen LogP contribution in [0.5, 0.6) is 0 Å². The number of halogens is 1. The van der Waals surface area contributed by atoms with Crippen molar-refractivity contribution in [3.8, 4) is 0 Å². The van der Waals surface area contributed by atoms with E-state index in [0.717, 1.165) is 0 Å². The zero-order valence-electron chi connectivity index (χ0n) is 13.9. The average Bonchev–Trinajstić information content (AvgIpc) is 2.08. The molecule has 0 saturated carbocycles. The Bertz CT molecular complexity index is 249. The molecular weight excluding hydrogens is 277 g/mol. The Morgan fingerprint density at radius 3 is 1.22 bits per heavy atom. The van der Waals surface area contributed by atoms with Gasteiger partial charge in [-0.25, -0.2) is 4.39 Å². The molecule has 0 atom stereocenters. The molecule has 0 bridgehead atoms. The molecule has 0 saturated heterocycles. The SMILES string of the molecule is CC(C)[Si](F)(ON([Si](C)(C)C)[Si](C)(C)C)C(C)C. The molecule has 6 heteroatoms. The topological polar surface area (TPSA) is 12.5 Å². The summed E-state index contributed by atoms with van der Waals surface area (Å²) in [6, 6.07) is 0. The molecule has 0 aliphatic carbocycles. The lowest BCUT2D eigenvalue weighted by atomic mass is 10.5. The summed E-state index contributed by atoms with van der Waals surface area (Å²) in [5.41, 5.74) is -0.0135. The van der Waals surface area contributed by atoms with Gasteiger partial charge in [0.05, 0.1) is 0 Å². The largest absolute Gasteiger partial charge is 0.404 e. The third-order valence-corrected chi connectivity index (χ3v) is 13.6. The third-order valence-electron chi connectivity index (χ3n) is 3.02. The van der Waals surface area contributed by atoms with Gasteiger partial charge in [-0.15, -0.1) is 0 Å². The summed E-state index contributed by atoms with van der Waals surface area (Å²) in [6.45, 7) is 21.2. The lowest BCUT2D eigenvalue weighted by molar-refractivity contribution is 0.0627. The fourth-order valence-electron chi connectivity index (χ4n) is 2.30. The summed E-state index contributed by atoms with van der Waals surface area (Å²) >= 11 is 0. The van der Waals surface area contributed by atoms with Gasteiger partial charge >= 0.3 is 8.65 Å². The van der Waals surface area contributed by atoms with Crippen LogP contribution in [0, 0.1) is 0 Å². The smallest absolute Gasteiger partial charge is 0.318 e. The molecule has 0 aromatic carbocycles. The normalized spacial score (nSPS) is 15.0. The van der Waals surface area contributed by atoms with Crippen LogP contribution in [0.1, 0.15) is 27.7 Å². The van der Waals surface area contributed by atoms with Gasteiger partial charge in [-0.1, -0.05) is 67.0 Å². The molecule has 0 aliphatic rings. The van der Waals surface area contributed by atoms with E-state index in [2.05, 4.69) is 43.7 Å². The van der Waals surface area contributed by atoms with Crippen LogP contribution >= 0.6 is 0 Å². The van der Waals surface area contributed by atoms with Crippen LogP contribution in [0.4, 0.5) is 4.11 Å². The Balaban J connectivity index is 5.33. The van der Waals surface area contributed by atoms with Gasteiger partial charge in [0.15, 0.2) is 0 Å². The van der Waals surface area contributed by atoms with Gasteiger partial charge in [0.1, 0.15) is 16.5 Å². The first-order valence-corrected chi connectivity index (χ1v) is 15.7. The molecule has 0 spiro atoms. The standard InChI is InChI=1S/C12H32FNOSi3/c1-11(2)18(13,12(3)4)15-14(16(5,6)7)17(8,9)10/h11-12H,1-10H3. The molecule has 0 N–H and O–H groups in total. The maximum absolute atomic E-state index is 15.3. The van der Waals surface area contributed by atoms with Crippen molar-refractivity contribution in [3.63, 3.8) is 0 Å². The lowest BCUT2D eigenvalue weighted by Gasteiger charge is -2.47. The molecule has 0 aromatic heterocycles. The molecule has 0 aliphatic heterocycles. The highest BCUT2D eigenvalue weighted by molar-refractivity contribution is 6.89. The molecular formula is C12H32FNOSi3. The summed E-state index contributed by atoms with van der Waals surface area (Å²) < 4.78 is 23.5. The van der Waals surface area contributed by atoms with Crippen molar-refractivity contribution in [1.29, 1.82) is 0 Å². The second-order valence-electron chi connectivity index (χ2n) is 7.73. The Morgan fingerprint density at radius 1 is 0.778 bits per heavy atom. The highest BCUT2D eigenvalue weighted by Crippen LogP contribution is 2.37. The van der Waals surface area contributed by atoms with Crippen molar-refractivity contribution in [3.05, 3.63) is 0 Å². The van der Waals surface area contributed by atoms with Gasteiger partial charge in [0.2, 0.25) is 0 Å². The van der Waals surface area contributed by atoms with E-state index in [0.29, 0.717) is 0 Å². The zero-order chi connectivity index (χ0) is 14.9. The third kappa shape index (κ3) is 4.56. The second kappa shape index (κ2) is 5.87. The molecule has 2 nitrogen and oxygen atoms in total. The minimum Gasteiger partial charge on any atom is -0.318 e. The van der Waals surface area contributed by atoms with Crippen molar-refractivity contribution in [1.82, 2.24) is 4.39 Å². The summed E-state index contributed by atoms with van der Waals surface area (Å²) in [7, 11) is -6.50. The van der Waals surface area contributed by atoms with Crippen LogP contribution in [-0.2, 0) is 4.53 Å². The van der Waals surface area contributed by atoms with E-state index in [1.165, 1.54) is 0 Å². The van der Waals surface area contributed by atoms with Crippen molar-refractivity contribution in [2.75, 3.05) is 0 Å². The van der Waals surface area contributed by atoms with Crippen LogP contribution < -0.4 is 0 Å². The fourth-order valence-corrected chi connectivity index (χ4v) is 15.4. The van der Waals surface area contributed by atoms with E-state index in [1.54, 1.807) is 0 Å². The number of hydrogen-bond acceptors (Lipinski definition) is 2. The minimum atomic E-state index is -3.19. The molecule has 0 radical (unpaired) electrons. The predicted octanol–water partition coefficient (Wildman–Crippen LogP) is 5.12. The van der Waals surface area contributed by atoms with Crippen LogP contribution in [0.3, 0.4) is 0 Å². The Hall–Kier alpha value is 0.501. The van der Waals surface area contributed by atoms with E-state index in [1.807, 2.05) is 27.7 Å². The van der Waals surface area contributed by atoms with E-state index in [4.69, 9.17) is 4.53 Å². The first kappa shape index (κ1) is 18.5. The highest BCUT2D eigenvalue weighted by Gasteiger charge is 2.50. The fraction of sp³-hybridized carbons (Fsp3) is 1.00. The summed E-state index contributed by atoms with van der Waals surface area (Å²) in [5.74, 6) is 0. The van der Waals surface area contributed by atoms with Gasteiger partial charge in [-0.3, -0.25) is 4.11 Å². The van der Waals surface area contributed by atoms with Gasteiger partial charge in [0, 0.05) is 11.1 Å². The van der Waals surface area contributed by atoms with E-state index in [-0.39, 0.29) is 11.1 Å². The van der Waals surface area contributed by atoms with Crippen LogP contribution in [-0.4, -0.2) is 29.5 Å². The maximum atomic E-state index is 15.3. The second-order valence-corrected chi connectivity index (χ2v) is 21.6. The zero-order valence-corrected chi connectivity index (χ0v) is 16.9. The Kier molecular flexibility index (Phi) is 6.03. The lowest BCUT2D eigenvalue weighted by Crippen LogP contribution is -2.63. The van der Waals surface area contributed by atoms with Gasteiger partial charge in [-0.2, -0.15) is 0 Å².